The molecule has 2 saturated carbocycles. The molecule has 4 unspecified atom stereocenters. The van der Waals surface area contributed by atoms with Gasteiger partial charge in [-0.15, -0.1) is 0 Å². The van der Waals surface area contributed by atoms with Gasteiger partial charge in [0.05, 0.1) is 5.92 Å². The fraction of sp³-hybridized carbons (Fsp3) is 0.600. The highest BCUT2D eigenvalue weighted by atomic mass is 19.1. The number of carbonyl (C=O) groups excluding carboxylic acids is 2. The van der Waals surface area contributed by atoms with Gasteiger partial charge < -0.3 is 15.5 Å². The molecule has 3 fully saturated rings. The van der Waals surface area contributed by atoms with E-state index in [1.807, 2.05) is 4.90 Å². The van der Waals surface area contributed by atoms with E-state index in [-0.39, 0.29) is 29.6 Å². The quantitative estimate of drug-likeness (QED) is 0.875. The van der Waals surface area contributed by atoms with Gasteiger partial charge in [0.1, 0.15) is 5.82 Å². The summed E-state index contributed by atoms with van der Waals surface area (Å²) < 4.78 is 13.7. The normalized spacial score (nSPS) is 30.7. The van der Waals surface area contributed by atoms with E-state index in [1.54, 1.807) is 24.0 Å². The number of hydrogen-bond acceptors (Lipinski definition) is 3. The lowest BCUT2D eigenvalue weighted by Gasteiger charge is -2.38. The third kappa shape index (κ3) is 2.90. The van der Waals surface area contributed by atoms with E-state index in [0.29, 0.717) is 49.1 Å². The van der Waals surface area contributed by atoms with Gasteiger partial charge >= 0.3 is 0 Å². The van der Waals surface area contributed by atoms with Crippen molar-refractivity contribution in [2.24, 2.45) is 23.5 Å². The molecular weight excluding hydrogens is 333 g/mol. The zero-order valence-corrected chi connectivity index (χ0v) is 15.2. The lowest BCUT2D eigenvalue weighted by atomic mass is 9.84. The van der Waals surface area contributed by atoms with Gasteiger partial charge in [-0.1, -0.05) is 6.07 Å². The zero-order chi connectivity index (χ0) is 18.4. The standard InChI is InChI=1S/C20H26FN3O2/c1-12-2-3-15(11-16(12)21)19(25)23-6-8-24(9-7-23)20(26)17-13-4-5-14(10-13)18(17)22/h2-3,11,13-14,17-18H,4-10,22H2,1H3. The van der Waals surface area contributed by atoms with Crippen LogP contribution in [0.15, 0.2) is 18.2 Å². The van der Waals surface area contributed by atoms with E-state index in [4.69, 9.17) is 5.73 Å². The highest BCUT2D eigenvalue weighted by Crippen LogP contribution is 2.48. The average Bonchev–Trinajstić information content (AvgIpc) is 3.24. The van der Waals surface area contributed by atoms with Crippen LogP contribution in [0.2, 0.25) is 0 Å². The molecule has 3 aliphatic rings. The minimum Gasteiger partial charge on any atom is -0.339 e. The van der Waals surface area contributed by atoms with Crippen LogP contribution in [0.1, 0.15) is 35.2 Å². The second kappa shape index (κ2) is 6.65. The van der Waals surface area contributed by atoms with Crippen LogP contribution < -0.4 is 5.73 Å². The molecule has 1 aromatic rings. The van der Waals surface area contributed by atoms with Crippen LogP contribution in [-0.2, 0) is 4.79 Å². The molecule has 0 spiro atoms. The van der Waals surface area contributed by atoms with Gasteiger partial charge in [0, 0.05) is 37.8 Å². The maximum absolute atomic E-state index is 13.7. The Morgan fingerprint density at radius 3 is 2.35 bits per heavy atom. The lowest BCUT2D eigenvalue weighted by molar-refractivity contribution is -0.139. The first-order chi connectivity index (χ1) is 12.5. The van der Waals surface area contributed by atoms with Gasteiger partial charge in [0.25, 0.3) is 5.91 Å². The minimum atomic E-state index is -0.366. The van der Waals surface area contributed by atoms with Crippen LogP contribution in [0.3, 0.4) is 0 Å². The van der Waals surface area contributed by atoms with Gasteiger partial charge in [-0.3, -0.25) is 9.59 Å². The SMILES string of the molecule is Cc1ccc(C(=O)N2CCN(C(=O)C3C4CCC(C4)C3N)CC2)cc1F. The first-order valence-corrected chi connectivity index (χ1v) is 9.55. The molecule has 0 aromatic heterocycles. The van der Waals surface area contributed by atoms with E-state index >= 15 is 0 Å². The van der Waals surface area contributed by atoms with E-state index < -0.39 is 0 Å². The maximum Gasteiger partial charge on any atom is 0.254 e. The van der Waals surface area contributed by atoms with E-state index in [9.17, 15) is 14.0 Å². The molecule has 4 rings (SSSR count). The topological polar surface area (TPSA) is 66.6 Å². The molecule has 26 heavy (non-hydrogen) atoms. The number of rotatable bonds is 2. The predicted octanol–water partition coefficient (Wildman–Crippen LogP) is 1.79. The smallest absolute Gasteiger partial charge is 0.254 e. The van der Waals surface area contributed by atoms with Crippen molar-refractivity contribution in [3.8, 4) is 0 Å². The minimum absolute atomic E-state index is 0.00329. The molecule has 5 nitrogen and oxygen atoms in total. The third-order valence-electron chi connectivity index (χ3n) is 6.56. The Morgan fingerprint density at radius 2 is 1.73 bits per heavy atom. The summed E-state index contributed by atoms with van der Waals surface area (Å²) in [5.41, 5.74) is 7.19. The van der Waals surface area contributed by atoms with Crippen LogP contribution in [0.4, 0.5) is 4.39 Å². The highest BCUT2D eigenvalue weighted by Gasteiger charge is 2.50. The number of carbonyl (C=O) groups is 2. The van der Waals surface area contributed by atoms with Crippen molar-refractivity contribution in [2.75, 3.05) is 26.2 Å². The number of nitrogens with zero attached hydrogens (tertiary/aromatic N) is 2. The van der Waals surface area contributed by atoms with E-state index in [2.05, 4.69) is 0 Å². The number of fused-ring (bicyclic) bond motifs is 2. The Kier molecular flexibility index (Phi) is 4.47. The Balaban J connectivity index is 1.37. The van der Waals surface area contributed by atoms with E-state index in [1.165, 1.54) is 6.07 Å². The fourth-order valence-corrected chi connectivity index (χ4v) is 4.95. The van der Waals surface area contributed by atoms with Crippen molar-refractivity contribution in [3.63, 3.8) is 0 Å². The molecule has 2 bridgehead atoms. The number of amides is 2. The fourth-order valence-electron chi connectivity index (χ4n) is 4.95. The van der Waals surface area contributed by atoms with Crippen molar-refractivity contribution in [1.29, 1.82) is 0 Å². The summed E-state index contributed by atoms with van der Waals surface area (Å²) in [7, 11) is 0. The second-order valence-corrected chi connectivity index (χ2v) is 8.02. The molecular formula is C20H26FN3O2. The number of piperazine rings is 1. The Labute approximate surface area is 153 Å². The van der Waals surface area contributed by atoms with Crippen LogP contribution in [0.5, 0.6) is 0 Å². The molecule has 2 aliphatic carbocycles. The van der Waals surface area contributed by atoms with Gasteiger partial charge in [-0.2, -0.15) is 0 Å². The highest BCUT2D eigenvalue weighted by molar-refractivity contribution is 5.94. The Hall–Kier alpha value is -1.95. The van der Waals surface area contributed by atoms with Gasteiger partial charge in [-0.05, 0) is 55.7 Å². The Morgan fingerprint density at radius 1 is 1.08 bits per heavy atom. The molecule has 2 amide bonds. The third-order valence-corrected chi connectivity index (χ3v) is 6.56. The molecule has 2 N–H and O–H groups in total. The summed E-state index contributed by atoms with van der Waals surface area (Å²) in [5, 5.41) is 0. The van der Waals surface area contributed by atoms with Crippen LogP contribution >= 0.6 is 0 Å². The van der Waals surface area contributed by atoms with Crippen molar-refractivity contribution >= 4 is 11.8 Å². The molecule has 6 heteroatoms. The zero-order valence-electron chi connectivity index (χ0n) is 15.2. The molecule has 4 atom stereocenters. The summed E-state index contributed by atoms with van der Waals surface area (Å²) in [5.74, 6) is 0.536. The first kappa shape index (κ1) is 17.5. The summed E-state index contributed by atoms with van der Waals surface area (Å²) in [6.45, 7) is 3.69. The van der Waals surface area contributed by atoms with Crippen LogP contribution in [-0.4, -0.2) is 53.8 Å². The van der Waals surface area contributed by atoms with E-state index in [0.717, 1.165) is 19.3 Å². The summed E-state index contributed by atoms with van der Waals surface area (Å²) in [4.78, 5) is 29.1. The van der Waals surface area contributed by atoms with Gasteiger partial charge in [0.2, 0.25) is 5.91 Å². The first-order valence-electron chi connectivity index (χ1n) is 9.55. The van der Waals surface area contributed by atoms with Crippen LogP contribution in [0, 0.1) is 30.5 Å². The predicted molar refractivity (Wildman–Crippen MR) is 95.9 cm³/mol. The number of aryl methyl sites for hydroxylation is 1. The van der Waals surface area contributed by atoms with Crippen molar-refractivity contribution in [1.82, 2.24) is 9.80 Å². The summed E-state index contributed by atoms with van der Waals surface area (Å²) in [6, 6.07) is 4.57. The molecule has 0 radical (unpaired) electrons. The number of hydrogen-bond donors (Lipinski definition) is 1. The maximum atomic E-state index is 13.7. The molecule has 1 heterocycles. The number of benzene rings is 1. The van der Waals surface area contributed by atoms with Gasteiger partial charge in [-0.25, -0.2) is 4.39 Å². The summed E-state index contributed by atoms with van der Waals surface area (Å²) in [6.07, 6.45) is 3.37. The number of halogens is 1. The second-order valence-electron chi connectivity index (χ2n) is 8.02. The van der Waals surface area contributed by atoms with Crippen molar-refractivity contribution < 1.29 is 14.0 Å². The van der Waals surface area contributed by atoms with Crippen molar-refractivity contribution in [2.45, 2.75) is 32.2 Å². The van der Waals surface area contributed by atoms with Gasteiger partial charge in [0.15, 0.2) is 0 Å². The molecule has 140 valence electrons. The largest absolute Gasteiger partial charge is 0.339 e. The Bertz CT molecular complexity index is 728. The number of nitrogens with two attached hydrogens (primary N) is 1. The average molecular weight is 359 g/mol. The van der Waals surface area contributed by atoms with Crippen LogP contribution in [0.25, 0.3) is 0 Å². The lowest BCUT2D eigenvalue weighted by Crippen LogP contribution is -2.54. The van der Waals surface area contributed by atoms with Crippen molar-refractivity contribution in [3.05, 3.63) is 35.1 Å². The summed E-state index contributed by atoms with van der Waals surface area (Å²) >= 11 is 0. The molecule has 1 aliphatic heterocycles. The monoisotopic (exact) mass is 359 g/mol. The molecule has 1 saturated heterocycles. The molecule has 1 aromatic carbocycles.